The lowest BCUT2D eigenvalue weighted by Gasteiger charge is -2.07. The van der Waals surface area contributed by atoms with Crippen molar-refractivity contribution in [3.63, 3.8) is 0 Å². The molecule has 1 aromatic heterocycles. The van der Waals surface area contributed by atoms with Crippen LogP contribution in [0, 0.1) is 6.92 Å². The highest BCUT2D eigenvalue weighted by Gasteiger charge is 2.02. The first kappa shape index (κ1) is 15.0. The highest BCUT2D eigenvalue weighted by atomic mass is 16.1. The molecule has 0 aliphatic carbocycles. The fourth-order valence-electron chi connectivity index (χ4n) is 1.94. The van der Waals surface area contributed by atoms with Crippen LogP contribution in [0.25, 0.3) is 0 Å². The quantitative estimate of drug-likeness (QED) is 0.669. The van der Waals surface area contributed by atoms with E-state index in [-0.39, 0.29) is 5.56 Å². The highest BCUT2D eigenvalue weighted by molar-refractivity contribution is 5.99. The average Bonchev–Trinajstić information content (AvgIpc) is 2.44. The molecule has 0 amide bonds. The summed E-state index contributed by atoms with van der Waals surface area (Å²) in [6, 6.07) is 9.73. The summed E-state index contributed by atoms with van der Waals surface area (Å²) in [5, 5.41) is 4.26. The minimum atomic E-state index is -0.195. The molecular weight excluding hydrogens is 264 g/mol. The number of aromatic amines is 1. The molecule has 1 heterocycles. The summed E-state index contributed by atoms with van der Waals surface area (Å²) in [5.74, 6) is 0.856. The van der Waals surface area contributed by atoms with Crippen LogP contribution in [0.2, 0.25) is 0 Å². The number of anilines is 1. The molecule has 2 aromatic rings. The number of aromatic nitrogens is 2. The Balaban J connectivity index is 2.15. The number of aryl methyl sites for hydroxylation is 1. The number of hydrazone groups is 1. The lowest BCUT2D eigenvalue weighted by Crippen LogP contribution is -2.11. The van der Waals surface area contributed by atoms with Gasteiger partial charge in [-0.05, 0) is 30.9 Å². The van der Waals surface area contributed by atoms with Crippen LogP contribution in [0.3, 0.4) is 0 Å². The van der Waals surface area contributed by atoms with E-state index in [4.69, 9.17) is 0 Å². The second-order valence-corrected chi connectivity index (χ2v) is 5.32. The first-order valence-corrected chi connectivity index (χ1v) is 6.94. The molecule has 2 rings (SSSR count). The Morgan fingerprint density at radius 1 is 1.29 bits per heavy atom. The number of H-pyrrole nitrogens is 1. The van der Waals surface area contributed by atoms with Crippen molar-refractivity contribution < 1.29 is 0 Å². The number of hydrogen-bond acceptors (Lipinski definition) is 4. The molecule has 0 bridgehead atoms. The topological polar surface area (TPSA) is 70.1 Å². The molecule has 110 valence electrons. The maximum absolute atomic E-state index is 11.3. The molecule has 0 atom stereocenters. The van der Waals surface area contributed by atoms with Crippen molar-refractivity contribution in [3.8, 4) is 0 Å². The molecule has 1 aromatic carbocycles. The van der Waals surface area contributed by atoms with E-state index >= 15 is 0 Å². The number of rotatable bonds is 4. The largest absolute Gasteiger partial charge is 0.291 e. The van der Waals surface area contributed by atoms with Gasteiger partial charge in [-0.1, -0.05) is 38.1 Å². The highest BCUT2D eigenvalue weighted by Crippen LogP contribution is 2.15. The molecule has 0 saturated carbocycles. The normalized spacial score (nSPS) is 11.8. The molecule has 2 N–H and O–H groups in total. The Morgan fingerprint density at radius 3 is 2.52 bits per heavy atom. The van der Waals surface area contributed by atoms with E-state index in [1.54, 1.807) is 6.92 Å². The molecular formula is C16H20N4O. The second kappa shape index (κ2) is 6.35. The lowest BCUT2D eigenvalue weighted by molar-refractivity contribution is 0.866. The van der Waals surface area contributed by atoms with Crippen LogP contribution in [-0.2, 0) is 0 Å². The van der Waals surface area contributed by atoms with E-state index in [9.17, 15) is 4.79 Å². The minimum Gasteiger partial charge on any atom is -0.291 e. The van der Waals surface area contributed by atoms with Crippen LogP contribution >= 0.6 is 0 Å². The molecule has 0 unspecified atom stereocenters. The van der Waals surface area contributed by atoms with Gasteiger partial charge in [-0.25, -0.2) is 10.4 Å². The van der Waals surface area contributed by atoms with Gasteiger partial charge < -0.3 is 0 Å². The van der Waals surface area contributed by atoms with Crippen molar-refractivity contribution >= 4 is 11.7 Å². The number of hydrogen-bond donors (Lipinski definition) is 2. The Morgan fingerprint density at radius 2 is 1.95 bits per heavy atom. The molecule has 0 radical (unpaired) electrons. The summed E-state index contributed by atoms with van der Waals surface area (Å²) in [7, 11) is 0. The van der Waals surface area contributed by atoms with Gasteiger partial charge in [-0.3, -0.25) is 9.78 Å². The lowest BCUT2D eigenvalue weighted by atomic mass is 10.0. The predicted molar refractivity (Wildman–Crippen MR) is 86.0 cm³/mol. The molecule has 0 aliphatic heterocycles. The van der Waals surface area contributed by atoms with Gasteiger partial charge in [-0.15, -0.1) is 0 Å². The Kier molecular flexibility index (Phi) is 4.52. The second-order valence-electron chi connectivity index (χ2n) is 5.32. The van der Waals surface area contributed by atoms with Gasteiger partial charge in [0.1, 0.15) is 0 Å². The van der Waals surface area contributed by atoms with Gasteiger partial charge in [0.15, 0.2) is 0 Å². The molecule has 0 spiro atoms. The van der Waals surface area contributed by atoms with Crippen LogP contribution in [0.5, 0.6) is 0 Å². The molecule has 21 heavy (non-hydrogen) atoms. The van der Waals surface area contributed by atoms with Gasteiger partial charge >= 0.3 is 0 Å². The van der Waals surface area contributed by atoms with Crippen molar-refractivity contribution in [3.05, 3.63) is 57.5 Å². The number of benzene rings is 1. The number of nitrogens with one attached hydrogen (secondary N) is 2. The maximum Gasteiger partial charge on any atom is 0.252 e. The summed E-state index contributed by atoms with van der Waals surface area (Å²) in [5.41, 5.74) is 6.39. The molecule has 5 nitrogen and oxygen atoms in total. The van der Waals surface area contributed by atoms with Gasteiger partial charge in [0.2, 0.25) is 5.95 Å². The standard InChI is InChI=1S/C16H20N4O/c1-10(2)13-5-7-14(8-6-13)12(4)19-20-16-17-11(3)9-15(21)18-16/h5-10H,1-4H3,(H2,17,18,20,21)/b19-12-. The Hall–Kier alpha value is -2.43. The van der Waals surface area contributed by atoms with Crippen LogP contribution in [0.15, 0.2) is 40.2 Å². The van der Waals surface area contributed by atoms with Crippen molar-refractivity contribution in [2.75, 3.05) is 5.43 Å². The van der Waals surface area contributed by atoms with Gasteiger partial charge in [-0.2, -0.15) is 5.10 Å². The van der Waals surface area contributed by atoms with E-state index in [0.29, 0.717) is 17.6 Å². The maximum atomic E-state index is 11.3. The summed E-state index contributed by atoms with van der Waals surface area (Å²) in [4.78, 5) is 18.1. The van der Waals surface area contributed by atoms with Crippen molar-refractivity contribution in [2.45, 2.75) is 33.6 Å². The molecule has 0 saturated heterocycles. The van der Waals surface area contributed by atoms with Crippen molar-refractivity contribution in [1.82, 2.24) is 9.97 Å². The predicted octanol–water partition coefficient (Wildman–Crippen LogP) is 3.04. The van der Waals surface area contributed by atoms with Gasteiger partial charge in [0.25, 0.3) is 5.56 Å². The van der Waals surface area contributed by atoms with E-state index in [2.05, 4.69) is 46.5 Å². The van der Waals surface area contributed by atoms with Crippen LogP contribution in [0.4, 0.5) is 5.95 Å². The van der Waals surface area contributed by atoms with Crippen molar-refractivity contribution in [1.29, 1.82) is 0 Å². The van der Waals surface area contributed by atoms with Crippen LogP contribution in [-0.4, -0.2) is 15.7 Å². The monoisotopic (exact) mass is 284 g/mol. The molecule has 0 aliphatic rings. The third-order valence-corrected chi connectivity index (χ3v) is 3.19. The fourth-order valence-corrected chi connectivity index (χ4v) is 1.94. The Labute approximate surface area is 124 Å². The fraction of sp³-hybridized carbons (Fsp3) is 0.312. The summed E-state index contributed by atoms with van der Waals surface area (Å²) in [6.45, 7) is 8.00. The average molecular weight is 284 g/mol. The zero-order valence-electron chi connectivity index (χ0n) is 12.8. The third kappa shape index (κ3) is 4.02. The van der Waals surface area contributed by atoms with Crippen molar-refractivity contribution in [2.24, 2.45) is 5.10 Å². The van der Waals surface area contributed by atoms with Gasteiger partial charge in [0, 0.05) is 11.8 Å². The molecule has 5 heteroatoms. The SMILES string of the molecule is C/C(=N/Nc1nc(C)cc(=O)[nH]1)c1ccc(C(C)C)cc1. The summed E-state index contributed by atoms with van der Waals surface area (Å²) >= 11 is 0. The minimum absolute atomic E-state index is 0.195. The third-order valence-electron chi connectivity index (χ3n) is 3.19. The number of nitrogens with zero attached hydrogens (tertiary/aromatic N) is 2. The molecule has 0 fully saturated rings. The van der Waals surface area contributed by atoms with E-state index in [1.807, 2.05) is 19.1 Å². The summed E-state index contributed by atoms with van der Waals surface area (Å²) in [6.07, 6.45) is 0. The first-order chi connectivity index (χ1) is 9.95. The van der Waals surface area contributed by atoms with Crippen LogP contribution < -0.4 is 11.0 Å². The zero-order chi connectivity index (χ0) is 15.4. The van der Waals surface area contributed by atoms with E-state index < -0.39 is 0 Å². The zero-order valence-corrected chi connectivity index (χ0v) is 12.8. The smallest absolute Gasteiger partial charge is 0.252 e. The Bertz CT molecular complexity index is 699. The summed E-state index contributed by atoms with van der Waals surface area (Å²) < 4.78 is 0. The van der Waals surface area contributed by atoms with Gasteiger partial charge in [0.05, 0.1) is 5.71 Å². The van der Waals surface area contributed by atoms with E-state index in [1.165, 1.54) is 11.6 Å². The van der Waals surface area contributed by atoms with E-state index in [0.717, 1.165) is 11.3 Å². The first-order valence-electron chi connectivity index (χ1n) is 6.94. The van der Waals surface area contributed by atoms with Crippen LogP contribution in [0.1, 0.15) is 43.5 Å².